The Bertz CT molecular complexity index is 1600. The van der Waals surface area contributed by atoms with E-state index in [9.17, 15) is 0 Å². The molecule has 0 bridgehead atoms. The summed E-state index contributed by atoms with van der Waals surface area (Å²) in [6.07, 6.45) is 75.8. The molecule has 0 fully saturated rings. The van der Waals surface area contributed by atoms with Crippen LogP contribution in [0.5, 0.6) is 0 Å². The van der Waals surface area contributed by atoms with E-state index < -0.39 is 0 Å². The van der Waals surface area contributed by atoms with Crippen LogP contribution in [-0.2, 0) is 29.3 Å². The first-order chi connectivity index (χ1) is 36.2. The molecule has 0 saturated carbocycles. The number of benzene rings is 2. The summed E-state index contributed by atoms with van der Waals surface area (Å²) >= 11 is 0. The third-order valence-corrected chi connectivity index (χ3v) is 15.5. The SMILES string of the molecule is CCCCCCCCCCCCCCCCCCC/C=C/CCCc1ccccc1/N=C(CCCCC)\C(CCCC)=N\c1ccccc1CCC/C=C/CCCCCCCCCCCCCCCCCCC.[Ni]. The van der Waals surface area contributed by atoms with Gasteiger partial charge in [-0.25, -0.2) is 0 Å². The van der Waals surface area contributed by atoms with Crippen LogP contribution in [0, 0.1) is 0 Å². The van der Waals surface area contributed by atoms with Crippen LogP contribution in [0.2, 0.25) is 0 Å². The largest absolute Gasteiger partial charge is 0.251 e. The van der Waals surface area contributed by atoms with Gasteiger partial charge in [0.2, 0.25) is 0 Å². The smallest absolute Gasteiger partial charge is 0.0665 e. The van der Waals surface area contributed by atoms with Crippen LogP contribution >= 0.6 is 0 Å². The third kappa shape index (κ3) is 41.9. The number of allylic oxidation sites excluding steroid dienone is 4. The average molecular weight is 1060 g/mol. The van der Waals surface area contributed by atoms with Crippen molar-refractivity contribution < 1.29 is 16.5 Å². The molecule has 0 aliphatic carbocycles. The van der Waals surface area contributed by atoms with Gasteiger partial charge in [-0.05, 0) is 113 Å². The predicted octanol–water partition coefficient (Wildman–Crippen LogP) is 25.1. The predicted molar refractivity (Wildman–Crippen MR) is 332 cm³/mol. The molecule has 0 spiro atoms. The molecule has 0 radical (unpaired) electrons. The molecule has 2 nitrogen and oxygen atoms in total. The van der Waals surface area contributed by atoms with Crippen molar-refractivity contribution in [1.29, 1.82) is 0 Å². The zero-order valence-electron chi connectivity index (χ0n) is 49.8. The van der Waals surface area contributed by atoms with E-state index in [0.717, 1.165) is 56.3 Å². The van der Waals surface area contributed by atoms with Gasteiger partial charge in [0.05, 0.1) is 22.8 Å². The van der Waals surface area contributed by atoms with Crippen molar-refractivity contribution in [3.05, 3.63) is 84.0 Å². The molecule has 0 unspecified atom stereocenters. The van der Waals surface area contributed by atoms with Crippen molar-refractivity contribution in [3.63, 3.8) is 0 Å². The fourth-order valence-electron chi connectivity index (χ4n) is 10.6. The number of aryl methyl sites for hydroxylation is 2. The second kappa shape index (κ2) is 55.5. The number of nitrogens with zero attached hydrogens (tertiary/aromatic N) is 2. The normalized spacial score (nSPS) is 12.2. The van der Waals surface area contributed by atoms with Crippen LogP contribution in [0.25, 0.3) is 0 Å². The van der Waals surface area contributed by atoms with Gasteiger partial charge in [-0.1, -0.05) is 313 Å². The van der Waals surface area contributed by atoms with Gasteiger partial charge in [-0.15, -0.1) is 0 Å². The van der Waals surface area contributed by atoms with Crippen LogP contribution in [0.1, 0.15) is 341 Å². The van der Waals surface area contributed by atoms with E-state index in [2.05, 4.69) is 101 Å². The number of hydrogen-bond donors (Lipinski definition) is 0. The number of unbranched alkanes of at least 4 members (excludes halogenated alkanes) is 39. The first-order valence-electron chi connectivity index (χ1n) is 32.8. The minimum atomic E-state index is 0. The topological polar surface area (TPSA) is 24.7 Å². The van der Waals surface area contributed by atoms with Gasteiger partial charge in [-0.3, -0.25) is 9.98 Å². The summed E-state index contributed by atoms with van der Waals surface area (Å²) in [6, 6.07) is 17.9. The summed E-state index contributed by atoms with van der Waals surface area (Å²) in [7, 11) is 0. The van der Waals surface area contributed by atoms with Gasteiger partial charge in [0.1, 0.15) is 0 Å². The Balaban J connectivity index is 0.0000274. The van der Waals surface area contributed by atoms with E-state index in [1.165, 1.54) is 292 Å². The first-order valence-corrected chi connectivity index (χ1v) is 32.8. The zero-order valence-corrected chi connectivity index (χ0v) is 50.8. The van der Waals surface area contributed by atoms with Crippen LogP contribution in [0.4, 0.5) is 11.4 Å². The summed E-state index contributed by atoms with van der Waals surface area (Å²) < 4.78 is 0. The fraction of sp³-hybridized carbons (Fsp3) is 0.746. The molecule has 0 N–H and O–H groups in total. The van der Waals surface area contributed by atoms with Crippen LogP contribution in [0.15, 0.2) is 82.8 Å². The van der Waals surface area contributed by atoms with E-state index in [0.29, 0.717) is 0 Å². The van der Waals surface area contributed by atoms with Gasteiger partial charge in [0, 0.05) is 16.5 Å². The molecule has 2 aromatic carbocycles. The average Bonchev–Trinajstić information content (AvgIpc) is 3.41. The standard InChI is InChI=1S/C71H122N2.Ni/c1-5-9-13-15-17-19-21-23-25-27-29-31-33-35-37-39-41-43-45-47-49-52-58-66-60-54-56-63-68(66)72-70(62-12-8-4)71(65-51-11-7-3)73-69-64-57-55-61-67(69)59-53-50-48-46-44-42-40-38-36-34-32-30-28-26-24-22-20-18-16-14-10-6-2;/h45-48,54-57,60-61,63-64H,5-44,49-53,58-59,62,65H2,1-4H3;/b47-45+,48-46+,72-70+,73-71-;. The molecular formula is C71H122N2Ni. The van der Waals surface area contributed by atoms with E-state index in [1.807, 2.05) is 0 Å². The number of para-hydroxylation sites is 2. The molecule has 0 aromatic heterocycles. The molecule has 0 heterocycles. The molecule has 426 valence electrons. The number of aliphatic imine (C=N–C) groups is 2. The molecule has 74 heavy (non-hydrogen) atoms. The molecule has 2 aromatic rings. The Morgan fingerprint density at radius 3 is 0.838 bits per heavy atom. The number of hydrogen-bond acceptors (Lipinski definition) is 2. The van der Waals surface area contributed by atoms with Crippen molar-refractivity contribution in [2.45, 2.75) is 342 Å². The van der Waals surface area contributed by atoms with Crippen molar-refractivity contribution in [1.82, 2.24) is 0 Å². The zero-order chi connectivity index (χ0) is 52.0. The second-order valence-corrected chi connectivity index (χ2v) is 22.6. The molecule has 0 amide bonds. The Morgan fingerprint density at radius 2 is 0.527 bits per heavy atom. The summed E-state index contributed by atoms with van der Waals surface area (Å²) in [5.41, 5.74) is 7.49. The van der Waals surface area contributed by atoms with Gasteiger partial charge in [0.15, 0.2) is 0 Å². The van der Waals surface area contributed by atoms with E-state index in [-0.39, 0.29) is 16.5 Å². The van der Waals surface area contributed by atoms with Gasteiger partial charge >= 0.3 is 0 Å². The Morgan fingerprint density at radius 1 is 0.284 bits per heavy atom. The van der Waals surface area contributed by atoms with Crippen LogP contribution in [0.3, 0.4) is 0 Å². The number of rotatable bonds is 54. The maximum absolute atomic E-state index is 5.54. The summed E-state index contributed by atoms with van der Waals surface area (Å²) in [6.45, 7) is 9.23. The maximum Gasteiger partial charge on any atom is 0.0665 e. The minimum Gasteiger partial charge on any atom is -0.251 e. The van der Waals surface area contributed by atoms with Crippen molar-refractivity contribution in [2.75, 3.05) is 0 Å². The molecule has 0 saturated heterocycles. The molecule has 0 atom stereocenters. The second-order valence-electron chi connectivity index (χ2n) is 22.6. The van der Waals surface area contributed by atoms with Gasteiger partial charge in [-0.2, -0.15) is 0 Å². The maximum atomic E-state index is 5.54. The van der Waals surface area contributed by atoms with Crippen LogP contribution < -0.4 is 0 Å². The van der Waals surface area contributed by atoms with E-state index in [1.54, 1.807) is 0 Å². The summed E-state index contributed by atoms with van der Waals surface area (Å²) in [5, 5.41) is 0. The first kappa shape index (κ1) is 69.8. The minimum absolute atomic E-state index is 0. The third-order valence-electron chi connectivity index (χ3n) is 15.5. The van der Waals surface area contributed by atoms with Crippen molar-refractivity contribution >= 4 is 22.8 Å². The van der Waals surface area contributed by atoms with E-state index in [4.69, 9.17) is 9.98 Å². The van der Waals surface area contributed by atoms with Gasteiger partial charge in [0.25, 0.3) is 0 Å². The molecule has 0 aliphatic rings. The van der Waals surface area contributed by atoms with Crippen LogP contribution in [-0.4, -0.2) is 11.4 Å². The van der Waals surface area contributed by atoms with Gasteiger partial charge < -0.3 is 0 Å². The van der Waals surface area contributed by atoms with E-state index >= 15 is 0 Å². The molecule has 2 rings (SSSR count). The molecular weight excluding hydrogens is 939 g/mol. The monoisotopic (exact) mass is 1060 g/mol. The molecule has 0 aliphatic heterocycles. The summed E-state index contributed by atoms with van der Waals surface area (Å²) in [5.74, 6) is 0. The van der Waals surface area contributed by atoms with Crippen molar-refractivity contribution in [2.24, 2.45) is 9.98 Å². The van der Waals surface area contributed by atoms with Crippen molar-refractivity contribution in [3.8, 4) is 0 Å². The quantitative estimate of drug-likeness (QED) is 0.0273. The Labute approximate surface area is 472 Å². The fourth-order valence-corrected chi connectivity index (χ4v) is 10.6. The summed E-state index contributed by atoms with van der Waals surface area (Å²) in [4.78, 5) is 11.1. The molecule has 3 heteroatoms. The Hall–Kier alpha value is -2.25. The Kier molecular flexibility index (Phi) is 52.3.